The fourth-order valence-corrected chi connectivity index (χ4v) is 3.80. The Morgan fingerprint density at radius 2 is 2.03 bits per heavy atom. The Bertz CT molecular complexity index is 803. The number of rotatable bonds is 5. The molecule has 2 amide bonds. The zero-order chi connectivity index (χ0) is 21.3. The van der Waals surface area contributed by atoms with Crippen molar-refractivity contribution in [2.45, 2.75) is 43.9 Å². The maximum absolute atomic E-state index is 12.2. The normalized spacial score (nSPS) is 15.4. The Kier molecular flexibility index (Phi) is 8.63. The van der Waals surface area contributed by atoms with E-state index in [4.69, 9.17) is 0 Å². The van der Waals surface area contributed by atoms with Gasteiger partial charge in [-0.2, -0.15) is 13.2 Å². The third-order valence-electron chi connectivity index (χ3n) is 3.90. The maximum Gasteiger partial charge on any atom is 0.422 e. The van der Waals surface area contributed by atoms with E-state index in [2.05, 4.69) is 20.4 Å². The van der Waals surface area contributed by atoms with E-state index in [1.54, 1.807) is 17.8 Å². The molecule has 3 rings (SSSR count). The number of carbonyl (C=O) groups is 1. The molecule has 5 nitrogen and oxygen atoms in total. The highest BCUT2D eigenvalue weighted by molar-refractivity contribution is 7.99. The number of nitrogens with one attached hydrogen (secondary N) is 2. The average Bonchev–Trinajstić information content (AvgIpc) is 2.72. The average molecular weight is 427 g/mol. The molecule has 1 atom stereocenters. The molecule has 0 bridgehead atoms. The molecule has 2 aromatic rings. The molecule has 9 heteroatoms. The predicted octanol–water partition coefficient (Wildman–Crippen LogP) is 5.09. The number of hydrogen-bond donors (Lipinski definition) is 2. The molecular formula is C20H24F3N3O2S. The largest absolute Gasteiger partial charge is 0.468 e. The van der Waals surface area contributed by atoms with Gasteiger partial charge < -0.3 is 15.4 Å². The van der Waals surface area contributed by atoms with Gasteiger partial charge in [0.1, 0.15) is 0 Å². The standard InChI is InChI=1S/C18H18F3N3O2S.C2H6/c19-18(20,21)11-26-16-9-12(5-7-22-16)10-23-17(25)24-14-6-8-27-15-4-2-1-3-13(14)15;1-2/h1-5,7,9,14H,6,8,10-11H2,(H2,23,24,25);1-2H3. The molecule has 1 aliphatic rings. The van der Waals surface area contributed by atoms with Crippen LogP contribution in [0.25, 0.3) is 0 Å². The van der Waals surface area contributed by atoms with Crippen molar-refractivity contribution in [3.63, 3.8) is 0 Å². The van der Waals surface area contributed by atoms with Crippen molar-refractivity contribution in [1.82, 2.24) is 15.6 Å². The van der Waals surface area contributed by atoms with Crippen molar-refractivity contribution >= 4 is 17.8 Å². The number of amides is 2. The zero-order valence-electron chi connectivity index (χ0n) is 16.3. The van der Waals surface area contributed by atoms with Crippen molar-refractivity contribution in [2.24, 2.45) is 0 Å². The summed E-state index contributed by atoms with van der Waals surface area (Å²) in [7, 11) is 0. The van der Waals surface area contributed by atoms with Crippen molar-refractivity contribution in [2.75, 3.05) is 12.4 Å². The number of nitrogens with zero attached hydrogens (tertiary/aromatic N) is 1. The lowest BCUT2D eigenvalue weighted by Crippen LogP contribution is -2.38. The number of thioether (sulfide) groups is 1. The Balaban J connectivity index is 0.00000145. The second-order valence-corrected chi connectivity index (χ2v) is 7.10. The minimum atomic E-state index is -4.43. The topological polar surface area (TPSA) is 63.2 Å². The smallest absolute Gasteiger partial charge is 0.422 e. The van der Waals surface area contributed by atoms with Gasteiger partial charge in [-0.05, 0) is 29.7 Å². The molecule has 29 heavy (non-hydrogen) atoms. The molecule has 1 aromatic heterocycles. The summed E-state index contributed by atoms with van der Waals surface area (Å²) in [5.74, 6) is 0.789. The molecule has 0 radical (unpaired) electrons. The quantitative estimate of drug-likeness (QED) is 0.698. The first-order chi connectivity index (χ1) is 13.9. The van der Waals surface area contributed by atoms with Crippen LogP contribution in [0, 0.1) is 0 Å². The highest BCUT2D eigenvalue weighted by Gasteiger charge is 2.28. The van der Waals surface area contributed by atoms with Crippen LogP contribution in [-0.2, 0) is 6.54 Å². The summed E-state index contributed by atoms with van der Waals surface area (Å²) in [6, 6.07) is 10.5. The lowest BCUT2D eigenvalue weighted by Gasteiger charge is -2.26. The number of pyridine rings is 1. The lowest BCUT2D eigenvalue weighted by atomic mass is 10.0. The summed E-state index contributed by atoms with van der Waals surface area (Å²) in [6.07, 6.45) is -2.25. The van der Waals surface area contributed by atoms with Gasteiger partial charge in [-0.25, -0.2) is 9.78 Å². The molecular weight excluding hydrogens is 403 g/mol. The number of alkyl halides is 3. The minimum Gasteiger partial charge on any atom is -0.468 e. The second-order valence-electron chi connectivity index (χ2n) is 5.96. The summed E-state index contributed by atoms with van der Waals surface area (Å²) < 4.78 is 41.2. The zero-order valence-corrected chi connectivity index (χ0v) is 17.1. The summed E-state index contributed by atoms with van der Waals surface area (Å²) >= 11 is 1.77. The molecule has 0 aliphatic carbocycles. The minimum absolute atomic E-state index is 0.0643. The first-order valence-corrected chi connectivity index (χ1v) is 10.3. The van der Waals surface area contributed by atoms with Gasteiger partial charge in [0.05, 0.1) is 6.04 Å². The van der Waals surface area contributed by atoms with Crippen LogP contribution in [0.1, 0.15) is 37.4 Å². The van der Waals surface area contributed by atoms with Crippen molar-refractivity contribution < 1.29 is 22.7 Å². The molecule has 0 fully saturated rings. The number of benzene rings is 1. The second kappa shape index (κ2) is 10.9. The van der Waals surface area contributed by atoms with Gasteiger partial charge in [-0.15, -0.1) is 11.8 Å². The molecule has 1 aromatic carbocycles. The Hall–Kier alpha value is -2.42. The van der Waals surface area contributed by atoms with E-state index in [1.807, 2.05) is 38.1 Å². The molecule has 1 aliphatic heterocycles. The van der Waals surface area contributed by atoms with Crippen LogP contribution in [0.2, 0.25) is 0 Å². The van der Waals surface area contributed by atoms with Crippen LogP contribution in [0.15, 0.2) is 47.5 Å². The van der Waals surface area contributed by atoms with Gasteiger partial charge in [-0.3, -0.25) is 0 Å². The monoisotopic (exact) mass is 427 g/mol. The van der Waals surface area contributed by atoms with E-state index >= 15 is 0 Å². The molecule has 0 spiro atoms. The number of halogens is 3. The maximum atomic E-state index is 12.2. The van der Waals surface area contributed by atoms with E-state index in [0.29, 0.717) is 5.56 Å². The fraction of sp³-hybridized carbons (Fsp3) is 0.400. The molecule has 2 heterocycles. The van der Waals surface area contributed by atoms with Gasteiger partial charge in [-0.1, -0.05) is 32.0 Å². The van der Waals surface area contributed by atoms with Crippen LogP contribution in [0.4, 0.5) is 18.0 Å². The summed E-state index contributed by atoms with van der Waals surface area (Å²) in [5.41, 5.74) is 1.69. The summed E-state index contributed by atoms with van der Waals surface area (Å²) in [5, 5.41) is 5.66. The highest BCUT2D eigenvalue weighted by atomic mass is 32.2. The van der Waals surface area contributed by atoms with Gasteiger partial charge in [0.2, 0.25) is 5.88 Å². The van der Waals surface area contributed by atoms with Crippen LogP contribution in [-0.4, -0.2) is 29.6 Å². The van der Waals surface area contributed by atoms with Gasteiger partial charge in [0.25, 0.3) is 0 Å². The van der Waals surface area contributed by atoms with Crippen molar-refractivity contribution in [3.05, 3.63) is 53.7 Å². The van der Waals surface area contributed by atoms with Crippen LogP contribution < -0.4 is 15.4 Å². The third kappa shape index (κ3) is 7.49. The van der Waals surface area contributed by atoms with Crippen LogP contribution in [0.5, 0.6) is 5.88 Å². The summed E-state index contributed by atoms with van der Waals surface area (Å²) in [6.45, 7) is 2.75. The van der Waals surface area contributed by atoms with E-state index in [0.717, 1.165) is 22.6 Å². The predicted molar refractivity (Wildman–Crippen MR) is 107 cm³/mol. The molecule has 2 N–H and O–H groups in total. The van der Waals surface area contributed by atoms with Gasteiger partial charge >= 0.3 is 12.2 Å². The molecule has 0 saturated carbocycles. The molecule has 158 valence electrons. The Morgan fingerprint density at radius 3 is 2.79 bits per heavy atom. The van der Waals surface area contributed by atoms with Gasteiger partial charge in [0, 0.05) is 29.5 Å². The van der Waals surface area contributed by atoms with E-state index in [9.17, 15) is 18.0 Å². The first kappa shape index (κ1) is 22.9. The van der Waals surface area contributed by atoms with E-state index in [1.165, 1.54) is 12.3 Å². The SMILES string of the molecule is CC.O=C(NCc1ccnc(OCC(F)(F)F)c1)NC1CCSc2ccccc21. The van der Waals surface area contributed by atoms with Crippen molar-refractivity contribution in [1.29, 1.82) is 0 Å². The van der Waals surface area contributed by atoms with E-state index < -0.39 is 12.8 Å². The molecule has 1 unspecified atom stereocenters. The van der Waals surface area contributed by atoms with Gasteiger partial charge in [0.15, 0.2) is 6.61 Å². The Labute approximate surface area is 172 Å². The number of ether oxygens (including phenoxy) is 1. The number of urea groups is 1. The number of fused-ring (bicyclic) bond motifs is 1. The first-order valence-electron chi connectivity index (χ1n) is 9.31. The van der Waals surface area contributed by atoms with Crippen LogP contribution in [0.3, 0.4) is 0 Å². The number of hydrogen-bond acceptors (Lipinski definition) is 4. The lowest BCUT2D eigenvalue weighted by molar-refractivity contribution is -0.154. The molecule has 0 saturated heterocycles. The number of carbonyl (C=O) groups excluding carboxylic acids is 1. The number of aromatic nitrogens is 1. The Morgan fingerprint density at radius 1 is 1.28 bits per heavy atom. The van der Waals surface area contributed by atoms with Crippen molar-refractivity contribution in [3.8, 4) is 5.88 Å². The third-order valence-corrected chi connectivity index (χ3v) is 5.02. The highest BCUT2D eigenvalue weighted by Crippen LogP contribution is 2.35. The fourth-order valence-electron chi connectivity index (χ4n) is 2.68. The summed E-state index contributed by atoms with van der Waals surface area (Å²) in [4.78, 5) is 17.1. The van der Waals surface area contributed by atoms with Crippen LogP contribution >= 0.6 is 11.8 Å². The van der Waals surface area contributed by atoms with E-state index in [-0.39, 0.29) is 24.5 Å².